The number of hydrogen-bond acceptors (Lipinski definition) is 5. The van der Waals surface area contributed by atoms with Crippen LogP contribution >= 0.6 is 15.9 Å². The maximum absolute atomic E-state index is 15.4. The van der Waals surface area contributed by atoms with Gasteiger partial charge in [0.1, 0.15) is 23.0 Å². The van der Waals surface area contributed by atoms with Gasteiger partial charge in [0.2, 0.25) is 10.0 Å². The number of rotatable bonds is 11. The van der Waals surface area contributed by atoms with Crippen LogP contribution in [0.15, 0.2) is 63.5 Å². The Hall–Kier alpha value is -3.06. The highest BCUT2D eigenvalue weighted by Crippen LogP contribution is 2.49. The number of carbonyl (C=O) groups is 1. The summed E-state index contributed by atoms with van der Waals surface area (Å²) < 4.78 is 71.2. The number of halogens is 3. The molecule has 47 heavy (non-hydrogen) atoms. The fourth-order valence-electron chi connectivity index (χ4n) is 5.55. The zero-order valence-electron chi connectivity index (χ0n) is 27.7. The summed E-state index contributed by atoms with van der Waals surface area (Å²) in [6, 6.07) is 13.9. The summed E-state index contributed by atoms with van der Waals surface area (Å²) in [7, 11) is -4.76. The molecule has 3 aromatic carbocycles. The van der Waals surface area contributed by atoms with E-state index in [0.29, 0.717) is 37.8 Å². The Balaban J connectivity index is 1.63. The smallest absolute Gasteiger partial charge is 0.255 e. The molecule has 1 fully saturated rings. The Morgan fingerprint density at radius 2 is 1.79 bits per heavy atom. The molecule has 1 atom stereocenters. The lowest BCUT2D eigenvalue weighted by Gasteiger charge is -2.40. The van der Waals surface area contributed by atoms with E-state index >= 15 is 4.39 Å². The van der Waals surface area contributed by atoms with E-state index in [-0.39, 0.29) is 35.6 Å². The summed E-state index contributed by atoms with van der Waals surface area (Å²) in [5.41, 5.74) is 2.71. The van der Waals surface area contributed by atoms with Gasteiger partial charge in [0.15, 0.2) is 8.32 Å². The highest BCUT2D eigenvalue weighted by atomic mass is 79.9. The maximum atomic E-state index is 15.4. The average Bonchev–Trinajstić information content (AvgIpc) is 3.75. The highest BCUT2D eigenvalue weighted by molar-refractivity contribution is 9.10. The third-order valence-corrected chi connectivity index (χ3v) is 15.6. The number of anilines is 1. The van der Waals surface area contributed by atoms with Gasteiger partial charge in [0.05, 0.1) is 23.6 Å². The first-order valence-corrected chi connectivity index (χ1v) is 21.2. The molecule has 1 unspecified atom stereocenters. The van der Waals surface area contributed by atoms with E-state index in [1.54, 1.807) is 18.2 Å². The van der Waals surface area contributed by atoms with Crippen molar-refractivity contribution in [2.24, 2.45) is 0 Å². The Kier molecular flexibility index (Phi) is 9.82. The molecular weight excluding hydrogens is 706 g/mol. The minimum absolute atomic E-state index is 0.0119. The first kappa shape index (κ1) is 35.2. The summed E-state index contributed by atoms with van der Waals surface area (Å²) >= 11 is 3.51. The average molecular weight is 748 g/mol. The molecule has 12 heteroatoms. The third-order valence-electron chi connectivity index (χ3n) is 9.24. The van der Waals surface area contributed by atoms with Crippen LogP contribution in [-0.2, 0) is 14.4 Å². The van der Waals surface area contributed by atoms with Crippen molar-refractivity contribution >= 4 is 56.8 Å². The summed E-state index contributed by atoms with van der Waals surface area (Å²) in [6.07, 6.45) is 2.35. The highest BCUT2D eigenvalue weighted by Gasteiger charge is 2.41. The van der Waals surface area contributed by atoms with Crippen molar-refractivity contribution in [1.29, 1.82) is 0 Å². The number of benzene rings is 3. The normalized spacial score (nSPS) is 14.8. The lowest BCUT2D eigenvalue weighted by atomic mass is 10.00. The number of nitrogens with one attached hydrogen (secondary N) is 1. The summed E-state index contributed by atoms with van der Waals surface area (Å²) in [6.45, 7) is 10.5. The number of nitrogens with zero attached hydrogens (tertiary/aromatic N) is 1. The number of fused-ring (bicyclic) bond motifs is 1. The van der Waals surface area contributed by atoms with Gasteiger partial charge in [0.25, 0.3) is 5.91 Å². The first-order chi connectivity index (χ1) is 21.9. The SMILES string of the molecule is CNC(=O)c1c(-c2ccc(F)cc2)oc2cc(N(CCC(O[Si](C)(C)C(C)(C)C)c3c(F)cccc3Br)S(C)(=O)=O)c(C3CC3)cc12. The van der Waals surface area contributed by atoms with Gasteiger partial charge in [-0.1, -0.05) is 42.8 Å². The second kappa shape index (κ2) is 13.1. The number of sulfonamides is 1. The molecule has 1 aliphatic carbocycles. The minimum atomic E-state index is -3.85. The maximum Gasteiger partial charge on any atom is 0.255 e. The van der Waals surface area contributed by atoms with Gasteiger partial charge in [0, 0.05) is 40.6 Å². The first-order valence-electron chi connectivity index (χ1n) is 15.6. The molecule has 1 heterocycles. The Morgan fingerprint density at radius 1 is 1.13 bits per heavy atom. The van der Waals surface area contributed by atoms with Crippen molar-refractivity contribution < 1.29 is 30.8 Å². The van der Waals surface area contributed by atoms with E-state index in [2.05, 4.69) is 55.1 Å². The van der Waals surface area contributed by atoms with Crippen LogP contribution in [0.1, 0.15) is 73.5 Å². The quantitative estimate of drug-likeness (QED) is 0.155. The molecule has 1 N–H and O–H groups in total. The molecule has 1 aromatic heterocycles. The van der Waals surface area contributed by atoms with E-state index in [4.69, 9.17) is 8.84 Å². The van der Waals surface area contributed by atoms with Crippen LogP contribution in [0.5, 0.6) is 0 Å². The van der Waals surface area contributed by atoms with Gasteiger partial charge in [-0.05, 0) is 91.3 Å². The summed E-state index contributed by atoms with van der Waals surface area (Å²) in [4.78, 5) is 13.2. The molecule has 0 bridgehead atoms. The van der Waals surface area contributed by atoms with Crippen molar-refractivity contribution in [2.45, 2.75) is 70.2 Å². The van der Waals surface area contributed by atoms with Gasteiger partial charge >= 0.3 is 0 Å². The molecule has 4 aromatic rings. The summed E-state index contributed by atoms with van der Waals surface area (Å²) in [5, 5.41) is 3.04. The zero-order valence-corrected chi connectivity index (χ0v) is 31.1. The van der Waals surface area contributed by atoms with Crippen LogP contribution in [0.4, 0.5) is 14.5 Å². The monoisotopic (exact) mass is 746 g/mol. The summed E-state index contributed by atoms with van der Waals surface area (Å²) in [5.74, 6) is -0.873. The Labute approximate surface area is 285 Å². The van der Waals surface area contributed by atoms with Crippen molar-refractivity contribution in [3.63, 3.8) is 0 Å². The van der Waals surface area contributed by atoms with Crippen molar-refractivity contribution in [2.75, 3.05) is 24.2 Å². The topological polar surface area (TPSA) is 88.8 Å². The third kappa shape index (κ3) is 7.35. The second-order valence-electron chi connectivity index (χ2n) is 13.7. The Morgan fingerprint density at radius 3 is 2.34 bits per heavy atom. The van der Waals surface area contributed by atoms with Gasteiger partial charge in [-0.3, -0.25) is 9.10 Å². The van der Waals surface area contributed by atoms with Crippen LogP contribution in [0.25, 0.3) is 22.3 Å². The molecule has 7 nitrogen and oxygen atoms in total. The minimum Gasteiger partial charge on any atom is -0.455 e. The molecule has 1 amide bonds. The fourth-order valence-corrected chi connectivity index (χ4v) is 8.40. The molecule has 0 spiro atoms. The molecule has 0 saturated heterocycles. The molecule has 0 aliphatic heterocycles. The zero-order chi connectivity index (χ0) is 34.5. The van der Waals surface area contributed by atoms with Gasteiger partial charge in [-0.2, -0.15) is 0 Å². The van der Waals surface area contributed by atoms with Crippen molar-refractivity contribution in [3.05, 3.63) is 87.4 Å². The van der Waals surface area contributed by atoms with E-state index < -0.39 is 36.1 Å². The number of furan rings is 1. The largest absolute Gasteiger partial charge is 0.455 e. The predicted octanol–water partition coefficient (Wildman–Crippen LogP) is 9.30. The van der Waals surface area contributed by atoms with Crippen LogP contribution < -0.4 is 9.62 Å². The number of carbonyl (C=O) groups excluding carboxylic acids is 1. The van der Waals surface area contributed by atoms with Crippen LogP contribution in [0.3, 0.4) is 0 Å². The predicted molar refractivity (Wildman–Crippen MR) is 189 cm³/mol. The van der Waals surface area contributed by atoms with Gasteiger partial charge < -0.3 is 14.2 Å². The van der Waals surface area contributed by atoms with E-state index in [1.165, 1.54) is 41.7 Å². The van der Waals surface area contributed by atoms with Crippen molar-refractivity contribution in [3.8, 4) is 11.3 Å². The van der Waals surface area contributed by atoms with Crippen LogP contribution in [-0.4, -0.2) is 42.5 Å². The van der Waals surface area contributed by atoms with Gasteiger partial charge in [-0.25, -0.2) is 17.2 Å². The van der Waals surface area contributed by atoms with Crippen molar-refractivity contribution in [1.82, 2.24) is 5.32 Å². The van der Waals surface area contributed by atoms with E-state index in [1.807, 2.05) is 6.07 Å². The fraction of sp³-hybridized carbons (Fsp3) is 0.400. The molecule has 1 saturated carbocycles. The van der Waals surface area contributed by atoms with Crippen LogP contribution in [0, 0.1) is 11.6 Å². The van der Waals surface area contributed by atoms with Crippen LogP contribution in [0.2, 0.25) is 18.1 Å². The molecule has 0 radical (unpaired) electrons. The number of hydrogen-bond donors (Lipinski definition) is 1. The molecule has 5 rings (SSSR count). The lowest BCUT2D eigenvalue weighted by molar-refractivity contribution is 0.0964. The van der Waals surface area contributed by atoms with E-state index in [0.717, 1.165) is 24.7 Å². The standard InChI is InChI=1S/C35H41BrF2N2O5SSi/c1-35(2,3)47(6,7)45-29(32-26(36)9-8-10-27(32)38)17-18-40(46(5,42)43)28-20-30-25(19-24(28)21-11-12-21)31(34(41)39-4)33(44-30)22-13-15-23(37)16-14-22/h8-10,13-16,19-21,29H,11-12,17-18H2,1-7H3,(H,39,41). The lowest BCUT2D eigenvalue weighted by Crippen LogP contribution is -2.43. The van der Waals surface area contributed by atoms with Gasteiger partial charge in [-0.15, -0.1) is 0 Å². The Bertz CT molecular complexity index is 1900. The molecular formula is C35H41BrF2N2O5SSi. The number of amides is 1. The molecule has 252 valence electrons. The van der Waals surface area contributed by atoms with E-state index in [9.17, 15) is 17.6 Å². The molecule has 1 aliphatic rings. The second-order valence-corrected chi connectivity index (χ2v) is 21.2.